The molecule has 1 aromatic rings. The molecule has 18 heavy (non-hydrogen) atoms. The predicted octanol–water partition coefficient (Wildman–Crippen LogP) is 4.19. The van der Waals surface area contributed by atoms with Gasteiger partial charge in [-0.1, -0.05) is 33.6 Å². The van der Waals surface area contributed by atoms with Crippen molar-refractivity contribution in [3.8, 4) is 0 Å². The first kappa shape index (κ1) is 15.0. The van der Waals surface area contributed by atoms with Crippen LogP contribution in [0.25, 0.3) is 0 Å². The Balaban J connectivity index is 3.16. The van der Waals surface area contributed by atoms with Crippen LogP contribution in [0, 0.1) is 23.4 Å². The SMILES string of the molecule is CCNC(c1cc(F)c(F)cc1F)C(CC)CC. The second-order valence-corrected chi connectivity index (χ2v) is 4.40. The van der Waals surface area contributed by atoms with E-state index in [1.807, 2.05) is 20.8 Å². The van der Waals surface area contributed by atoms with Crippen molar-refractivity contribution < 1.29 is 13.2 Å². The molecule has 1 N–H and O–H groups in total. The Morgan fingerprint density at radius 2 is 1.50 bits per heavy atom. The monoisotopic (exact) mass is 259 g/mol. The van der Waals surface area contributed by atoms with E-state index in [4.69, 9.17) is 0 Å². The average molecular weight is 259 g/mol. The van der Waals surface area contributed by atoms with E-state index in [0.717, 1.165) is 18.9 Å². The molecule has 1 nitrogen and oxygen atoms in total. The zero-order valence-electron chi connectivity index (χ0n) is 11.1. The first-order chi connectivity index (χ1) is 8.54. The molecule has 0 radical (unpaired) electrons. The Kier molecular flexibility index (Phi) is 5.66. The normalized spacial score (nSPS) is 13.1. The highest BCUT2D eigenvalue weighted by molar-refractivity contribution is 5.24. The van der Waals surface area contributed by atoms with Crippen LogP contribution in [-0.4, -0.2) is 6.54 Å². The van der Waals surface area contributed by atoms with E-state index in [1.54, 1.807) is 0 Å². The summed E-state index contributed by atoms with van der Waals surface area (Å²) in [5.74, 6) is -2.63. The van der Waals surface area contributed by atoms with Crippen molar-refractivity contribution in [1.82, 2.24) is 5.32 Å². The summed E-state index contributed by atoms with van der Waals surface area (Å²) in [6.07, 6.45) is 1.71. The van der Waals surface area contributed by atoms with Crippen LogP contribution in [0.15, 0.2) is 12.1 Å². The highest BCUT2D eigenvalue weighted by atomic mass is 19.2. The van der Waals surface area contributed by atoms with Crippen LogP contribution in [-0.2, 0) is 0 Å². The molecule has 0 heterocycles. The van der Waals surface area contributed by atoms with Crippen molar-refractivity contribution in [3.05, 3.63) is 35.1 Å². The molecule has 0 fully saturated rings. The summed E-state index contributed by atoms with van der Waals surface area (Å²) in [6, 6.07) is 1.31. The fourth-order valence-electron chi connectivity index (χ4n) is 2.29. The summed E-state index contributed by atoms with van der Waals surface area (Å²) >= 11 is 0. The Hall–Kier alpha value is -1.03. The molecular weight excluding hydrogens is 239 g/mol. The van der Waals surface area contributed by atoms with Crippen molar-refractivity contribution in [3.63, 3.8) is 0 Å². The second-order valence-electron chi connectivity index (χ2n) is 4.40. The molecule has 0 amide bonds. The minimum absolute atomic E-state index is 0.198. The Labute approximate surface area is 106 Å². The third kappa shape index (κ3) is 3.25. The maximum absolute atomic E-state index is 13.8. The lowest BCUT2D eigenvalue weighted by Gasteiger charge is -2.27. The topological polar surface area (TPSA) is 12.0 Å². The summed E-state index contributed by atoms with van der Waals surface area (Å²) in [4.78, 5) is 0. The van der Waals surface area contributed by atoms with Gasteiger partial charge in [0, 0.05) is 17.7 Å². The van der Waals surface area contributed by atoms with Gasteiger partial charge in [0.2, 0.25) is 0 Å². The predicted molar refractivity (Wildman–Crippen MR) is 66.8 cm³/mol. The van der Waals surface area contributed by atoms with Crippen molar-refractivity contribution >= 4 is 0 Å². The van der Waals surface area contributed by atoms with Crippen LogP contribution in [0.2, 0.25) is 0 Å². The molecule has 4 heteroatoms. The highest BCUT2D eigenvalue weighted by Gasteiger charge is 2.24. The van der Waals surface area contributed by atoms with Gasteiger partial charge in [0.15, 0.2) is 11.6 Å². The van der Waals surface area contributed by atoms with Crippen LogP contribution in [0.4, 0.5) is 13.2 Å². The number of nitrogens with one attached hydrogen (secondary N) is 1. The average Bonchev–Trinajstić information content (AvgIpc) is 2.34. The smallest absolute Gasteiger partial charge is 0.161 e. The molecule has 102 valence electrons. The van der Waals surface area contributed by atoms with E-state index < -0.39 is 17.5 Å². The quantitative estimate of drug-likeness (QED) is 0.755. The molecule has 0 bridgehead atoms. The van der Waals surface area contributed by atoms with Crippen LogP contribution < -0.4 is 5.32 Å². The van der Waals surface area contributed by atoms with Gasteiger partial charge >= 0.3 is 0 Å². The molecule has 0 aromatic heterocycles. The Morgan fingerprint density at radius 1 is 0.944 bits per heavy atom. The Morgan fingerprint density at radius 3 is 2.00 bits per heavy atom. The number of benzene rings is 1. The third-order valence-electron chi connectivity index (χ3n) is 3.32. The first-order valence-corrected chi connectivity index (χ1v) is 6.42. The van der Waals surface area contributed by atoms with Crippen LogP contribution in [0.5, 0.6) is 0 Å². The zero-order chi connectivity index (χ0) is 13.7. The molecule has 0 aliphatic rings. The maximum Gasteiger partial charge on any atom is 0.161 e. The standard InChI is InChI=1S/C14H20F3N/c1-4-9(5-2)14(18-6-3)10-7-12(16)13(17)8-11(10)15/h7-9,14,18H,4-6H2,1-3H3. The van der Waals surface area contributed by atoms with Crippen LogP contribution >= 0.6 is 0 Å². The highest BCUT2D eigenvalue weighted by Crippen LogP contribution is 2.30. The van der Waals surface area contributed by atoms with Crippen molar-refractivity contribution in [2.45, 2.75) is 39.7 Å². The maximum atomic E-state index is 13.8. The van der Waals surface area contributed by atoms with E-state index in [1.165, 1.54) is 0 Å². The van der Waals surface area contributed by atoms with Gasteiger partial charge in [0.1, 0.15) is 5.82 Å². The molecule has 0 aliphatic carbocycles. The molecule has 1 unspecified atom stereocenters. The van der Waals surface area contributed by atoms with Gasteiger partial charge in [0.25, 0.3) is 0 Å². The third-order valence-corrected chi connectivity index (χ3v) is 3.32. The van der Waals surface area contributed by atoms with E-state index in [9.17, 15) is 13.2 Å². The van der Waals surface area contributed by atoms with Crippen LogP contribution in [0.3, 0.4) is 0 Å². The van der Waals surface area contributed by atoms with E-state index >= 15 is 0 Å². The molecular formula is C14H20F3N. The number of halogens is 3. The zero-order valence-corrected chi connectivity index (χ0v) is 11.1. The van der Waals surface area contributed by atoms with Crippen molar-refractivity contribution in [1.29, 1.82) is 0 Å². The summed E-state index contributed by atoms with van der Waals surface area (Å²) in [5.41, 5.74) is 0.212. The van der Waals surface area contributed by atoms with Gasteiger partial charge < -0.3 is 5.32 Å². The number of hydrogen-bond acceptors (Lipinski definition) is 1. The van der Waals surface area contributed by atoms with Gasteiger partial charge in [-0.25, -0.2) is 13.2 Å². The van der Waals surface area contributed by atoms with Crippen LogP contribution in [0.1, 0.15) is 45.2 Å². The summed E-state index contributed by atoms with van der Waals surface area (Å²) < 4.78 is 40.0. The number of rotatable bonds is 6. The van der Waals surface area contributed by atoms with Gasteiger partial charge in [-0.2, -0.15) is 0 Å². The molecule has 1 rings (SSSR count). The largest absolute Gasteiger partial charge is 0.310 e. The molecule has 1 aromatic carbocycles. The molecule has 0 saturated carbocycles. The van der Waals surface area contributed by atoms with Gasteiger partial charge in [-0.05, 0) is 18.5 Å². The molecule has 1 atom stereocenters. The summed E-state index contributed by atoms with van der Waals surface area (Å²) in [6.45, 7) is 6.58. The summed E-state index contributed by atoms with van der Waals surface area (Å²) in [5, 5.41) is 3.16. The molecule has 0 aliphatic heterocycles. The van der Waals surface area contributed by atoms with Gasteiger partial charge in [-0.3, -0.25) is 0 Å². The minimum Gasteiger partial charge on any atom is -0.310 e. The first-order valence-electron chi connectivity index (χ1n) is 6.42. The van der Waals surface area contributed by atoms with E-state index in [2.05, 4.69) is 5.32 Å². The lowest BCUT2D eigenvalue weighted by atomic mass is 9.88. The van der Waals surface area contributed by atoms with E-state index in [-0.39, 0.29) is 17.5 Å². The lowest BCUT2D eigenvalue weighted by molar-refractivity contribution is 0.334. The fraction of sp³-hybridized carbons (Fsp3) is 0.571. The van der Waals surface area contributed by atoms with Crippen molar-refractivity contribution in [2.75, 3.05) is 6.54 Å². The second kappa shape index (κ2) is 6.78. The van der Waals surface area contributed by atoms with E-state index in [0.29, 0.717) is 12.6 Å². The fourth-order valence-corrected chi connectivity index (χ4v) is 2.29. The summed E-state index contributed by atoms with van der Waals surface area (Å²) in [7, 11) is 0. The van der Waals surface area contributed by atoms with Gasteiger partial charge in [0.05, 0.1) is 0 Å². The van der Waals surface area contributed by atoms with Crippen molar-refractivity contribution in [2.24, 2.45) is 5.92 Å². The number of hydrogen-bond donors (Lipinski definition) is 1. The molecule has 0 spiro atoms. The van der Waals surface area contributed by atoms with Gasteiger partial charge in [-0.15, -0.1) is 0 Å². The minimum atomic E-state index is -1.14. The Bertz CT molecular complexity index is 389. The molecule has 0 saturated heterocycles. The lowest BCUT2D eigenvalue weighted by Crippen LogP contribution is -2.28.